The van der Waals surface area contributed by atoms with Crippen LogP contribution in [-0.4, -0.2) is 23.1 Å². The monoisotopic (exact) mass is 245 g/mol. The van der Waals surface area contributed by atoms with Crippen molar-refractivity contribution >= 4 is 17.7 Å². The summed E-state index contributed by atoms with van der Waals surface area (Å²) in [4.78, 5) is 11.7. The molecule has 1 amide bonds. The van der Waals surface area contributed by atoms with Gasteiger partial charge in [0.2, 0.25) is 0 Å². The Kier molecular flexibility index (Phi) is 3.89. The second kappa shape index (κ2) is 4.66. The average molecular weight is 246 g/mol. The lowest BCUT2D eigenvalue weighted by Gasteiger charge is -2.43. The van der Waals surface area contributed by atoms with E-state index in [0.717, 1.165) is 24.8 Å². The Morgan fingerprint density at radius 3 is 2.38 bits per heavy atom. The first-order valence-corrected chi connectivity index (χ1v) is 6.08. The highest BCUT2D eigenvalue weighted by atomic mass is 35.5. The maximum Gasteiger partial charge on any atom is 0.408 e. The van der Waals surface area contributed by atoms with Crippen LogP contribution < -0.4 is 5.32 Å². The molecule has 92 valence electrons. The smallest absolute Gasteiger partial charge is 0.408 e. The molecule has 0 aromatic heterocycles. The molecule has 0 radical (unpaired) electrons. The fourth-order valence-electron chi connectivity index (χ4n) is 1.72. The molecule has 1 fully saturated rings. The normalized spacial score (nSPS) is 18.5. The molecule has 1 rings (SSSR count). The highest BCUT2D eigenvalue weighted by Crippen LogP contribution is 2.38. The molecule has 0 aromatic carbocycles. The fourth-order valence-corrected chi connectivity index (χ4v) is 1.98. The number of nitrogens with one attached hydrogen (secondary N) is 1. The van der Waals surface area contributed by atoms with E-state index in [9.17, 15) is 4.79 Å². The van der Waals surface area contributed by atoms with Crippen LogP contribution in [0.5, 0.6) is 0 Å². The van der Waals surface area contributed by atoms with Gasteiger partial charge in [-0.1, -0.05) is 6.58 Å². The Bertz CT molecular complexity index is 290. The lowest BCUT2D eigenvalue weighted by atomic mass is 9.72. The van der Waals surface area contributed by atoms with Gasteiger partial charge in [-0.3, -0.25) is 0 Å². The molecule has 4 heteroatoms. The zero-order valence-electron chi connectivity index (χ0n) is 10.2. The van der Waals surface area contributed by atoms with E-state index in [2.05, 4.69) is 11.9 Å². The van der Waals surface area contributed by atoms with E-state index in [1.54, 1.807) is 0 Å². The van der Waals surface area contributed by atoms with Crippen molar-refractivity contribution in [3.05, 3.63) is 12.2 Å². The molecule has 0 spiro atoms. The summed E-state index contributed by atoms with van der Waals surface area (Å²) in [6.45, 7) is 9.45. The first-order valence-electron chi connectivity index (χ1n) is 5.54. The molecule has 0 heterocycles. The van der Waals surface area contributed by atoms with Gasteiger partial charge in [0, 0.05) is 5.88 Å². The van der Waals surface area contributed by atoms with Crippen LogP contribution in [0, 0.1) is 0 Å². The third-order valence-electron chi connectivity index (χ3n) is 2.79. The Balaban J connectivity index is 2.58. The molecule has 1 aliphatic carbocycles. The quantitative estimate of drug-likeness (QED) is 0.612. The second-order valence-electron chi connectivity index (χ2n) is 5.30. The predicted octanol–water partition coefficient (Wildman–Crippen LogP) is 3.23. The van der Waals surface area contributed by atoms with Gasteiger partial charge in [0.05, 0.1) is 5.54 Å². The topological polar surface area (TPSA) is 38.3 Å². The van der Waals surface area contributed by atoms with Crippen LogP contribution in [0.15, 0.2) is 12.2 Å². The molecule has 0 saturated heterocycles. The van der Waals surface area contributed by atoms with Crippen molar-refractivity contribution in [2.45, 2.75) is 51.2 Å². The van der Waals surface area contributed by atoms with Crippen molar-refractivity contribution in [1.82, 2.24) is 5.32 Å². The number of amides is 1. The summed E-state index contributed by atoms with van der Waals surface area (Å²) >= 11 is 5.77. The van der Waals surface area contributed by atoms with Crippen LogP contribution in [-0.2, 0) is 4.74 Å². The van der Waals surface area contributed by atoms with Gasteiger partial charge in [-0.25, -0.2) is 4.79 Å². The summed E-state index contributed by atoms with van der Waals surface area (Å²) in [5, 5.41) is 2.89. The highest BCUT2D eigenvalue weighted by molar-refractivity contribution is 6.19. The number of halogens is 1. The average Bonchev–Trinajstić information content (AvgIpc) is 2.07. The SMILES string of the molecule is C=C(CCl)C1(NC(=O)OC(C)(C)C)CCC1. The molecular weight excluding hydrogens is 226 g/mol. The number of alkyl carbamates (subject to hydrolysis) is 1. The van der Waals surface area contributed by atoms with Crippen molar-refractivity contribution in [2.75, 3.05) is 5.88 Å². The summed E-state index contributed by atoms with van der Waals surface area (Å²) in [5.41, 5.74) is 0.0628. The van der Waals surface area contributed by atoms with Gasteiger partial charge in [0.15, 0.2) is 0 Å². The van der Waals surface area contributed by atoms with E-state index in [1.165, 1.54) is 0 Å². The summed E-state index contributed by atoms with van der Waals surface area (Å²) < 4.78 is 5.23. The highest BCUT2D eigenvalue weighted by Gasteiger charge is 2.41. The van der Waals surface area contributed by atoms with Crippen LogP contribution in [0.3, 0.4) is 0 Å². The summed E-state index contributed by atoms with van der Waals surface area (Å²) in [7, 11) is 0. The predicted molar refractivity (Wildman–Crippen MR) is 65.8 cm³/mol. The molecule has 3 nitrogen and oxygen atoms in total. The van der Waals surface area contributed by atoms with Crippen molar-refractivity contribution in [1.29, 1.82) is 0 Å². The zero-order chi connectivity index (χ0) is 12.4. The van der Waals surface area contributed by atoms with Crippen molar-refractivity contribution < 1.29 is 9.53 Å². The third kappa shape index (κ3) is 3.14. The Morgan fingerprint density at radius 1 is 1.50 bits per heavy atom. The minimum Gasteiger partial charge on any atom is -0.444 e. The van der Waals surface area contributed by atoms with Crippen LogP contribution in [0.4, 0.5) is 4.79 Å². The van der Waals surface area contributed by atoms with Gasteiger partial charge in [0.1, 0.15) is 5.60 Å². The molecule has 0 aliphatic heterocycles. The van der Waals surface area contributed by atoms with Crippen LogP contribution in [0.25, 0.3) is 0 Å². The molecular formula is C12H20ClNO2. The fraction of sp³-hybridized carbons (Fsp3) is 0.750. The van der Waals surface area contributed by atoms with Crippen molar-refractivity contribution in [3.63, 3.8) is 0 Å². The minimum atomic E-state index is -0.475. The van der Waals surface area contributed by atoms with Crippen LogP contribution in [0.2, 0.25) is 0 Å². The van der Waals surface area contributed by atoms with Crippen molar-refractivity contribution in [3.8, 4) is 0 Å². The van der Waals surface area contributed by atoms with Crippen molar-refractivity contribution in [2.24, 2.45) is 0 Å². The molecule has 0 bridgehead atoms. The minimum absolute atomic E-state index is 0.329. The third-order valence-corrected chi connectivity index (χ3v) is 3.11. The molecule has 0 unspecified atom stereocenters. The van der Waals surface area contributed by atoms with E-state index < -0.39 is 11.7 Å². The lowest BCUT2D eigenvalue weighted by molar-refractivity contribution is 0.0422. The Labute approximate surface area is 102 Å². The molecule has 0 aromatic rings. The summed E-state index contributed by atoms with van der Waals surface area (Å²) in [5.74, 6) is 0.371. The van der Waals surface area contributed by atoms with Gasteiger partial charge in [-0.05, 0) is 45.6 Å². The van der Waals surface area contributed by atoms with E-state index in [-0.39, 0.29) is 5.54 Å². The number of carbonyl (C=O) groups excluding carboxylic acids is 1. The standard InChI is InChI=1S/C12H20ClNO2/c1-9(8-13)12(6-5-7-12)14-10(15)16-11(2,3)4/h1,5-8H2,2-4H3,(H,14,15). The van der Waals surface area contributed by atoms with Gasteiger partial charge in [-0.15, -0.1) is 11.6 Å². The molecule has 1 aliphatic rings. The maximum absolute atomic E-state index is 11.7. The largest absolute Gasteiger partial charge is 0.444 e. The van der Waals surface area contributed by atoms with Gasteiger partial charge < -0.3 is 10.1 Å². The Hall–Kier alpha value is -0.700. The second-order valence-corrected chi connectivity index (χ2v) is 5.57. The summed E-state index contributed by atoms with van der Waals surface area (Å²) in [6, 6.07) is 0. The maximum atomic E-state index is 11.7. The van der Waals surface area contributed by atoms with Gasteiger partial charge >= 0.3 is 6.09 Å². The van der Waals surface area contributed by atoms with Crippen LogP contribution >= 0.6 is 11.6 Å². The van der Waals surface area contributed by atoms with Crippen LogP contribution in [0.1, 0.15) is 40.0 Å². The molecule has 16 heavy (non-hydrogen) atoms. The molecule has 1 N–H and O–H groups in total. The van der Waals surface area contributed by atoms with E-state index in [0.29, 0.717) is 5.88 Å². The van der Waals surface area contributed by atoms with E-state index in [4.69, 9.17) is 16.3 Å². The first-order chi connectivity index (χ1) is 7.29. The molecule has 1 saturated carbocycles. The number of ether oxygens (including phenoxy) is 1. The van der Waals surface area contributed by atoms with Gasteiger partial charge in [0.25, 0.3) is 0 Å². The summed E-state index contributed by atoms with van der Waals surface area (Å²) in [6.07, 6.45) is 2.50. The zero-order valence-corrected chi connectivity index (χ0v) is 11.0. The number of alkyl halides is 1. The number of rotatable bonds is 3. The first kappa shape index (κ1) is 13.4. The number of hydrogen-bond donors (Lipinski definition) is 1. The number of hydrogen-bond acceptors (Lipinski definition) is 2. The van der Waals surface area contributed by atoms with E-state index in [1.807, 2.05) is 20.8 Å². The lowest BCUT2D eigenvalue weighted by Crippen LogP contribution is -2.56. The number of carbonyl (C=O) groups is 1. The van der Waals surface area contributed by atoms with E-state index >= 15 is 0 Å². The molecule has 0 atom stereocenters. The Morgan fingerprint density at radius 2 is 2.06 bits per heavy atom. The van der Waals surface area contributed by atoms with Gasteiger partial charge in [-0.2, -0.15) is 0 Å².